The zero-order valence-corrected chi connectivity index (χ0v) is 14.6. The van der Waals surface area contributed by atoms with Crippen LogP contribution in [-0.2, 0) is 13.1 Å². The van der Waals surface area contributed by atoms with Crippen molar-refractivity contribution in [2.24, 2.45) is 4.99 Å². The number of aliphatic imine (C=N–C) groups is 1. The number of benzene rings is 3. The van der Waals surface area contributed by atoms with Crippen molar-refractivity contribution in [3.8, 4) is 0 Å². The molecule has 0 fully saturated rings. The van der Waals surface area contributed by atoms with E-state index in [4.69, 9.17) is 4.99 Å². The molecule has 1 heterocycles. The lowest BCUT2D eigenvalue weighted by atomic mass is 10.1. The molecule has 0 aromatic heterocycles. The van der Waals surface area contributed by atoms with Gasteiger partial charge in [0, 0.05) is 26.7 Å². The molecule has 1 aliphatic heterocycles. The topological polar surface area (TPSA) is 18.8 Å². The summed E-state index contributed by atoms with van der Waals surface area (Å²) >= 11 is 0. The van der Waals surface area contributed by atoms with Crippen LogP contribution < -0.4 is 0 Å². The van der Waals surface area contributed by atoms with Gasteiger partial charge in [-0.05, 0) is 28.0 Å². The van der Waals surface area contributed by atoms with Gasteiger partial charge in [0.25, 0.3) is 0 Å². The van der Waals surface area contributed by atoms with Gasteiger partial charge in [-0.1, -0.05) is 66.7 Å². The lowest BCUT2D eigenvalue weighted by Gasteiger charge is -2.28. The summed E-state index contributed by atoms with van der Waals surface area (Å²) < 4.78 is 0. The van der Waals surface area contributed by atoms with E-state index in [1.165, 1.54) is 21.9 Å². The molecule has 25 heavy (non-hydrogen) atoms. The molecule has 3 heteroatoms. The summed E-state index contributed by atoms with van der Waals surface area (Å²) in [5.41, 5.74) is 2.65. The molecule has 0 aliphatic carbocycles. The summed E-state index contributed by atoms with van der Waals surface area (Å²) in [6, 6.07) is 25.8. The van der Waals surface area contributed by atoms with Crippen LogP contribution in [-0.4, -0.2) is 35.9 Å². The second-order valence-electron chi connectivity index (χ2n) is 6.63. The maximum atomic E-state index is 4.74. The van der Waals surface area contributed by atoms with E-state index < -0.39 is 0 Å². The summed E-state index contributed by atoms with van der Waals surface area (Å²) in [5.74, 6) is 1.09. The molecule has 3 aromatic carbocycles. The van der Waals surface area contributed by atoms with Gasteiger partial charge in [-0.25, -0.2) is 0 Å². The fourth-order valence-corrected chi connectivity index (χ4v) is 3.47. The SMILES string of the molecule is CN(Cc1ccc2ccccc2c1)C1=NCCN1Cc1ccccc1. The minimum atomic E-state index is 0.870. The van der Waals surface area contributed by atoms with Gasteiger partial charge >= 0.3 is 0 Å². The Labute approximate surface area is 149 Å². The van der Waals surface area contributed by atoms with Gasteiger partial charge in [0.15, 0.2) is 5.96 Å². The van der Waals surface area contributed by atoms with Crippen LogP contribution in [0.25, 0.3) is 10.8 Å². The fraction of sp³-hybridized carbons (Fsp3) is 0.227. The molecule has 0 radical (unpaired) electrons. The Morgan fingerprint density at radius 1 is 0.880 bits per heavy atom. The third-order valence-electron chi connectivity index (χ3n) is 4.70. The number of hydrogen-bond acceptors (Lipinski definition) is 3. The van der Waals surface area contributed by atoms with Crippen molar-refractivity contribution in [2.75, 3.05) is 20.1 Å². The van der Waals surface area contributed by atoms with E-state index in [-0.39, 0.29) is 0 Å². The molecule has 3 aromatic rings. The molecular formula is C22H23N3. The molecule has 4 rings (SSSR count). The highest BCUT2D eigenvalue weighted by molar-refractivity contribution is 5.84. The normalized spacial score (nSPS) is 14.0. The van der Waals surface area contributed by atoms with Crippen molar-refractivity contribution in [1.82, 2.24) is 9.80 Å². The van der Waals surface area contributed by atoms with Crippen molar-refractivity contribution in [1.29, 1.82) is 0 Å². The summed E-state index contributed by atoms with van der Waals surface area (Å²) in [4.78, 5) is 9.38. The Bertz CT molecular complexity index is 886. The maximum absolute atomic E-state index is 4.74. The first kappa shape index (κ1) is 15.7. The number of guanidine groups is 1. The van der Waals surface area contributed by atoms with E-state index in [0.29, 0.717) is 0 Å². The Kier molecular flexibility index (Phi) is 4.38. The molecular weight excluding hydrogens is 306 g/mol. The van der Waals surface area contributed by atoms with Crippen molar-refractivity contribution in [3.05, 3.63) is 83.9 Å². The number of nitrogens with zero attached hydrogens (tertiary/aromatic N) is 3. The lowest BCUT2D eigenvalue weighted by Crippen LogP contribution is -2.38. The van der Waals surface area contributed by atoms with Crippen LogP contribution in [0.5, 0.6) is 0 Å². The Hall–Kier alpha value is -2.81. The van der Waals surface area contributed by atoms with Crippen LogP contribution in [0, 0.1) is 0 Å². The van der Waals surface area contributed by atoms with E-state index in [2.05, 4.69) is 89.6 Å². The van der Waals surface area contributed by atoms with Crippen molar-refractivity contribution < 1.29 is 0 Å². The third kappa shape index (κ3) is 3.50. The van der Waals surface area contributed by atoms with E-state index in [9.17, 15) is 0 Å². The summed E-state index contributed by atoms with van der Waals surface area (Å²) in [7, 11) is 2.14. The molecule has 0 bridgehead atoms. The third-order valence-corrected chi connectivity index (χ3v) is 4.70. The molecule has 0 saturated carbocycles. The fourth-order valence-electron chi connectivity index (χ4n) is 3.47. The van der Waals surface area contributed by atoms with Crippen LogP contribution in [0.15, 0.2) is 77.8 Å². The summed E-state index contributed by atoms with van der Waals surface area (Å²) in [5, 5.41) is 2.58. The minimum Gasteiger partial charge on any atom is -0.342 e. The van der Waals surface area contributed by atoms with Crippen LogP contribution in [0.4, 0.5) is 0 Å². The predicted molar refractivity (Wildman–Crippen MR) is 105 cm³/mol. The molecule has 0 N–H and O–H groups in total. The van der Waals surface area contributed by atoms with Gasteiger partial charge in [0.1, 0.15) is 0 Å². The standard InChI is InChI=1S/C22H23N3/c1-24(16-19-11-12-20-9-5-6-10-21(20)15-19)22-23-13-14-25(22)17-18-7-3-2-4-8-18/h2-12,15H,13-14,16-17H2,1H3. The zero-order chi connectivity index (χ0) is 17.1. The molecule has 0 atom stereocenters. The largest absolute Gasteiger partial charge is 0.342 e. The van der Waals surface area contributed by atoms with Crippen molar-refractivity contribution in [2.45, 2.75) is 13.1 Å². The molecule has 0 saturated heterocycles. The lowest BCUT2D eigenvalue weighted by molar-refractivity contribution is 0.367. The van der Waals surface area contributed by atoms with Gasteiger partial charge in [-0.15, -0.1) is 0 Å². The van der Waals surface area contributed by atoms with Crippen LogP contribution in [0.3, 0.4) is 0 Å². The highest BCUT2D eigenvalue weighted by atomic mass is 15.4. The van der Waals surface area contributed by atoms with Crippen LogP contribution in [0.1, 0.15) is 11.1 Å². The molecule has 1 aliphatic rings. The van der Waals surface area contributed by atoms with Crippen molar-refractivity contribution >= 4 is 16.7 Å². The quantitative estimate of drug-likeness (QED) is 0.716. The van der Waals surface area contributed by atoms with E-state index in [1.807, 2.05) is 0 Å². The molecule has 0 amide bonds. The second kappa shape index (κ2) is 6.98. The predicted octanol–water partition coefficient (Wildman–Crippen LogP) is 4.14. The Balaban J connectivity index is 1.48. The zero-order valence-electron chi connectivity index (χ0n) is 14.6. The average Bonchev–Trinajstić information content (AvgIpc) is 3.11. The first-order valence-corrected chi connectivity index (χ1v) is 8.82. The van der Waals surface area contributed by atoms with Gasteiger partial charge in [0.05, 0.1) is 6.54 Å². The van der Waals surface area contributed by atoms with Crippen LogP contribution >= 0.6 is 0 Å². The number of hydrogen-bond donors (Lipinski definition) is 0. The smallest absolute Gasteiger partial charge is 0.197 e. The van der Waals surface area contributed by atoms with Crippen LogP contribution in [0.2, 0.25) is 0 Å². The molecule has 3 nitrogen and oxygen atoms in total. The number of rotatable bonds is 4. The highest BCUT2D eigenvalue weighted by Crippen LogP contribution is 2.18. The monoisotopic (exact) mass is 329 g/mol. The van der Waals surface area contributed by atoms with Gasteiger partial charge in [-0.3, -0.25) is 4.99 Å². The first-order valence-electron chi connectivity index (χ1n) is 8.82. The minimum absolute atomic E-state index is 0.870. The van der Waals surface area contributed by atoms with E-state index in [0.717, 1.165) is 32.1 Å². The molecule has 126 valence electrons. The summed E-state index contributed by atoms with van der Waals surface area (Å²) in [6.45, 7) is 3.66. The van der Waals surface area contributed by atoms with E-state index >= 15 is 0 Å². The molecule has 0 spiro atoms. The Morgan fingerprint density at radius 3 is 2.48 bits per heavy atom. The van der Waals surface area contributed by atoms with Gasteiger partial charge in [-0.2, -0.15) is 0 Å². The first-order chi connectivity index (χ1) is 12.3. The molecule has 0 unspecified atom stereocenters. The van der Waals surface area contributed by atoms with Gasteiger partial charge < -0.3 is 9.80 Å². The highest BCUT2D eigenvalue weighted by Gasteiger charge is 2.20. The average molecular weight is 329 g/mol. The van der Waals surface area contributed by atoms with E-state index in [1.54, 1.807) is 0 Å². The van der Waals surface area contributed by atoms with Gasteiger partial charge in [0.2, 0.25) is 0 Å². The summed E-state index contributed by atoms with van der Waals surface area (Å²) in [6.07, 6.45) is 0. The second-order valence-corrected chi connectivity index (χ2v) is 6.63. The maximum Gasteiger partial charge on any atom is 0.197 e. The Morgan fingerprint density at radius 2 is 1.64 bits per heavy atom. The number of fused-ring (bicyclic) bond motifs is 1. The van der Waals surface area contributed by atoms with Crippen molar-refractivity contribution in [3.63, 3.8) is 0 Å².